The van der Waals surface area contributed by atoms with Gasteiger partial charge in [0.25, 0.3) is 17.7 Å². The summed E-state index contributed by atoms with van der Waals surface area (Å²) in [5, 5.41) is 1.49. The van der Waals surface area contributed by atoms with Gasteiger partial charge in [0.05, 0.1) is 13.0 Å². The lowest BCUT2D eigenvalue weighted by Gasteiger charge is -2.30. The van der Waals surface area contributed by atoms with E-state index in [0.717, 1.165) is 10.3 Å². The lowest BCUT2D eigenvalue weighted by atomic mass is 9.94. The molecule has 0 spiro atoms. The Morgan fingerprint density at radius 2 is 1.59 bits per heavy atom. The number of benzene rings is 2. The summed E-state index contributed by atoms with van der Waals surface area (Å²) in [7, 11) is 1.34. The maximum Gasteiger partial charge on any atom is 0.308 e. The van der Waals surface area contributed by atoms with Crippen molar-refractivity contribution in [3.05, 3.63) is 47.5 Å². The third-order valence-corrected chi connectivity index (χ3v) is 6.36. The van der Waals surface area contributed by atoms with Crippen LogP contribution >= 0.6 is 0 Å². The van der Waals surface area contributed by atoms with Gasteiger partial charge in [0.2, 0.25) is 0 Å². The predicted octanol–water partition coefficient (Wildman–Crippen LogP) is 2.17. The zero-order chi connectivity index (χ0) is 24.2. The molecular formula is C25H26N2O7. The smallest absolute Gasteiger partial charge is 0.308 e. The third-order valence-electron chi connectivity index (χ3n) is 6.36. The Balaban J connectivity index is 1.24. The minimum atomic E-state index is -0.572. The van der Waals surface area contributed by atoms with Crippen LogP contribution in [0.25, 0.3) is 10.8 Å². The van der Waals surface area contributed by atoms with E-state index in [1.807, 2.05) is 12.1 Å². The quantitative estimate of drug-likeness (QED) is 0.454. The summed E-state index contributed by atoms with van der Waals surface area (Å²) in [5.41, 5.74) is 0.939. The number of nitrogens with zero attached hydrogens (tertiary/aromatic N) is 2. The van der Waals surface area contributed by atoms with E-state index >= 15 is 0 Å². The van der Waals surface area contributed by atoms with E-state index < -0.39 is 5.97 Å². The van der Waals surface area contributed by atoms with Crippen LogP contribution < -0.4 is 0 Å². The molecule has 0 unspecified atom stereocenters. The number of piperidine rings is 1. The monoisotopic (exact) mass is 466 g/mol. The van der Waals surface area contributed by atoms with Crippen molar-refractivity contribution in [2.45, 2.75) is 25.7 Å². The molecule has 4 rings (SSSR count). The van der Waals surface area contributed by atoms with Gasteiger partial charge in [0.1, 0.15) is 0 Å². The SMILES string of the molecule is COC(=O)C1CCN(C(=O)COC(=O)CCCN2C(=O)c3cccc4cccc(c34)C2=O)CC1. The number of amides is 3. The molecule has 0 radical (unpaired) electrons. The first-order chi connectivity index (χ1) is 16.4. The minimum absolute atomic E-state index is 0.0272. The Morgan fingerprint density at radius 1 is 0.971 bits per heavy atom. The Hall–Kier alpha value is -3.75. The van der Waals surface area contributed by atoms with Gasteiger partial charge in [0, 0.05) is 42.6 Å². The highest BCUT2D eigenvalue weighted by molar-refractivity contribution is 6.25. The Bertz CT molecular complexity index is 1100. The Kier molecular flexibility index (Phi) is 6.90. The summed E-state index contributed by atoms with van der Waals surface area (Å²) in [6.07, 6.45) is 1.23. The number of carbonyl (C=O) groups excluding carboxylic acids is 5. The van der Waals surface area contributed by atoms with E-state index in [1.165, 1.54) is 7.11 Å². The number of imide groups is 1. The van der Waals surface area contributed by atoms with E-state index in [9.17, 15) is 24.0 Å². The van der Waals surface area contributed by atoms with Crippen LogP contribution in [0.3, 0.4) is 0 Å². The van der Waals surface area contributed by atoms with Crippen LogP contribution in [-0.4, -0.2) is 72.8 Å². The van der Waals surface area contributed by atoms with Gasteiger partial charge >= 0.3 is 11.9 Å². The first-order valence-corrected chi connectivity index (χ1v) is 11.3. The molecule has 178 valence electrons. The van der Waals surface area contributed by atoms with E-state index in [0.29, 0.717) is 42.4 Å². The summed E-state index contributed by atoms with van der Waals surface area (Å²) in [4.78, 5) is 64.5. The van der Waals surface area contributed by atoms with Gasteiger partial charge in [0.15, 0.2) is 6.61 Å². The molecule has 1 fully saturated rings. The van der Waals surface area contributed by atoms with Crippen LogP contribution in [-0.2, 0) is 23.9 Å². The summed E-state index contributed by atoms with van der Waals surface area (Å²) in [5.74, 6) is -2.14. The number of likely N-dealkylation sites (tertiary alicyclic amines) is 1. The van der Waals surface area contributed by atoms with Gasteiger partial charge in [-0.3, -0.25) is 28.9 Å². The van der Waals surface area contributed by atoms with Gasteiger partial charge in [-0.1, -0.05) is 24.3 Å². The fourth-order valence-corrected chi connectivity index (χ4v) is 4.50. The van der Waals surface area contributed by atoms with Crippen LogP contribution in [0.2, 0.25) is 0 Å². The minimum Gasteiger partial charge on any atom is -0.469 e. The van der Waals surface area contributed by atoms with Gasteiger partial charge < -0.3 is 14.4 Å². The zero-order valence-electron chi connectivity index (χ0n) is 19.0. The number of esters is 2. The molecule has 0 saturated carbocycles. The second-order valence-electron chi connectivity index (χ2n) is 8.41. The number of carbonyl (C=O) groups is 5. The van der Waals surface area contributed by atoms with Crippen molar-refractivity contribution in [1.82, 2.24) is 9.80 Å². The van der Waals surface area contributed by atoms with Gasteiger partial charge in [-0.25, -0.2) is 0 Å². The molecule has 3 amide bonds. The molecule has 2 heterocycles. The highest BCUT2D eigenvalue weighted by Crippen LogP contribution is 2.30. The van der Waals surface area contributed by atoms with Crippen molar-refractivity contribution in [3.63, 3.8) is 0 Å². The number of rotatable bonds is 7. The number of hydrogen-bond donors (Lipinski definition) is 0. The molecular weight excluding hydrogens is 440 g/mol. The average molecular weight is 466 g/mol. The Morgan fingerprint density at radius 3 is 2.18 bits per heavy atom. The number of ether oxygens (including phenoxy) is 2. The van der Waals surface area contributed by atoms with E-state index in [1.54, 1.807) is 29.2 Å². The maximum atomic E-state index is 12.9. The van der Waals surface area contributed by atoms with E-state index in [4.69, 9.17) is 9.47 Å². The van der Waals surface area contributed by atoms with Crippen molar-refractivity contribution in [1.29, 1.82) is 0 Å². The van der Waals surface area contributed by atoms with Crippen LogP contribution in [0.4, 0.5) is 0 Å². The molecule has 0 N–H and O–H groups in total. The van der Waals surface area contributed by atoms with E-state index in [2.05, 4.69) is 0 Å². The van der Waals surface area contributed by atoms with Gasteiger partial charge in [-0.05, 0) is 36.8 Å². The molecule has 0 bridgehead atoms. The van der Waals surface area contributed by atoms with E-state index in [-0.39, 0.29) is 55.6 Å². The summed E-state index contributed by atoms with van der Waals surface area (Å²) in [6, 6.07) is 10.7. The highest BCUT2D eigenvalue weighted by atomic mass is 16.5. The van der Waals surface area contributed by atoms with Crippen molar-refractivity contribution in [2.24, 2.45) is 5.92 Å². The lowest BCUT2D eigenvalue weighted by molar-refractivity contribution is -0.154. The van der Waals surface area contributed by atoms with Gasteiger partial charge in [-0.15, -0.1) is 0 Å². The summed E-state index contributed by atoms with van der Waals surface area (Å²) in [6.45, 7) is 0.512. The van der Waals surface area contributed by atoms with Crippen LogP contribution in [0, 0.1) is 5.92 Å². The summed E-state index contributed by atoms with van der Waals surface area (Å²) < 4.78 is 9.82. The first kappa shape index (κ1) is 23.4. The second kappa shape index (κ2) is 10.0. The maximum absolute atomic E-state index is 12.9. The molecule has 9 nitrogen and oxygen atoms in total. The standard InChI is InChI=1S/C25H26N2O7/c1-33-25(32)17-10-13-26(14-11-17)20(28)15-34-21(29)9-4-12-27-23(30)18-7-2-5-16-6-3-8-19(22(16)18)24(27)31/h2-3,5-8,17H,4,9-15H2,1H3. The van der Waals surface area contributed by atoms with Crippen LogP contribution in [0.1, 0.15) is 46.4 Å². The second-order valence-corrected chi connectivity index (χ2v) is 8.41. The largest absolute Gasteiger partial charge is 0.469 e. The molecule has 0 aliphatic carbocycles. The molecule has 0 aromatic heterocycles. The van der Waals surface area contributed by atoms with Crippen molar-refractivity contribution >= 4 is 40.4 Å². The highest BCUT2D eigenvalue weighted by Gasteiger charge is 2.32. The molecule has 0 atom stereocenters. The number of hydrogen-bond acceptors (Lipinski definition) is 7. The molecule has 34 heavy (non-hydrogen) atoms. The molecule has 2 aromatic carbocycles. The molecule has 9 heteroatoms. The molecule has 2 aromatic rings. The van der Waals surface area contributed by atoms with Crippen molar-refractivity contribution in [3.8, 4) is 0 Å². The fraction of sp³-hybridized carbons (Fsp3) is 0.400. The van der Waals surface area contributed by atoms with Crippen LogP contribution in [0.15, 0.2) is 36.4 Å². The fourth-order valence-electron chi connectivity index (χ4n) is 4.50. The van der Waals surface area contributed by atoms with Crippen molar-refractivity contribution in [2.75, 3.05) is 33.4 Å². The molecule has 1 saturated heterocycles. The first-order valence-electron chi connectivity index (χ1n) is 11.3. The normalized spacial score (nSPS) is 16.0. The van der Waals surface area contributed by atoms with Crippen LogP contribution in [0.5, 0.6) is 0 Å². The predicted molar refractivity (Wildman–Crippen MR) is 121 cm³/mol. The molecule has 2 aliphatic rings. The lowest BCUT2D eigenvalue weighted by Crippen LogP contribution is -2.42. The topological polar surface area (TPSA) is 110 Å². The molecule has 2 aliphatic heterocycles. The number of methoxy groups -OCH3 is 1. The Labute approximate surface area is 196 Å². The van der Waals surface area contributed by atoms with Gasteiger partial charge in [-0.2, -0.15) is 0 Å². The summed E-state index contributed by atoms with van der Waals surface area (Å²) >= 11 is 0. The zero-order valence-corrected chi connectivity index (χ0v) is 19.0. The average Bonchev–Trinajstić information content (AvgIpc) is 2.87. The third kappa shape index (κ3) is 4.64. The van der Waals surface area contributed by atoms with Crippen molar-refractivity contribution < 1.29 is 33.4 Å².